The van der Waals surface area contributed by atoms with Gasteiger partial charge in [0.15, 0.2) is 5.69 Å². The van der Waals surface area contributed by atoms with Gasteiger partial charge in [-0.2, -0.15) is 0 Å². The van der Waals surface area contributed by atoms with Gasteiger partial charge in [0, 0.05) is 24.7 Å². The largest absolute Gasteiger partial charge is 0.461 e. The van der Waals surface area contributed by atoms with Crippen molar-refractivity contribution in [2.24, 2.45) is 0 Å². The molecule has 1 aromatic carbocycles. The Kier molecular flexibility index (Phi) is 8.22. The average Bonchev–Trinajstić information content (AvgIpc) is 3.14. The Morgan fingerprint density at radius 1 is 1.30 bits per heavy atom. The van der Waals surface area contributed by atoms with Crippen LogP contribution in [-0.2, 0) is 22.4 Å². The van der Waals surface area contributed by atoms with Crippen LogP contribution < -0.4 is 5.32 Å². The van der Waals surface area contributed by atoms with E-state index in [4.69, 9.17) is 9.47 Å². The number of hydrogen-bond acceptors (Lipinski definition) is 6. The molecule has 0 atom stereocenters. The quantitative estimate of drug-likeness (QED) is 0.661. The van der Waals surface area contributed by atoms with Crippen molar-refractivity contribution in [3.8, 4) is 0 Å². The summed E-state index contributed by atoms with van der Waals surface area (Å²) >= 11 is 1.32. The number of nitrogens with one attached hydrogen (secondary N) is 1. The Morgan fingerprint density at radius 3 is 2.81 bits per heavy atom. The first-order chi connectivity index (χ1) is 13.1. The summed E-state index contributed by atoms with van der Waals surface area (Å²) in [6, 6.07) is 7.50. The Labute approximate surface area is 163 Å². The van der Waals surface area contributed by atoms with Gasteiger partial charge in [-0.05, 0) is 31.0 Å². The van der Waals surface area contributed by atoms with Crippen molar-refractivity contribution in [3.63, 3.8) is 0 Å². The summed E-state index contributed by atoms with van der Waals surface area (Å²) in [5, 5.41) is 5.21. The van der Waals surface area contributed by atoms with Gasteiger partial charge in [-0.3, -0.25) is 0 Å². The zero-order valence-electron chi connectivity index (χ0n) is 15.9. The molecule has 1 heterocycles. The maximum absolute atomic E-state index is 12.7. The summed E-state index contributed by atoms with van der Waals surface area (Å²) < 4.78 is 10.1. The van der Waals surface area contributed by atoms with Gasteiger partial charge in [0.1, 0.15) is 5.01 Å². The second-order valence-corrected chi connectivity index (χ2v) is 6.69. The van der Waals surface area contributed by atoms with Crippen molar-refractivity contribution in [3.05, 3.63) is 45.9 Å². The smallest absolute Gasteiger partial charge is 0.357 e. The molecule has 2 aromatic rings. The van der Waals surface area contributed by atoms with Gasteiger partial charge >= 0.3 is 12.0 Å². The fraction of sp³-hybridized carbons (Fsp3) is 0.421. The Balaban J connectivity index is 2.07. The van der Waals surface area contributed by atoms with Crippen LogP contribution in [0.3, 0.4) is 0 Å². The average molecular weight is 391 g/mol. The molecule has 1 aromatic heterocycles. The number of anilines is 1. The predicted octanol–water partition coefficient (Wildman–Crippen LogP) is 3.56. The normalized spacial score (nSPS) is 10.5. The highest BCUT2D eigenvalue weighted by Crippen LogP contribution is 2.16. The van der Waals surface area contributed by atoms with Gasteiger partial charge < -0.3 is 19.7 Å². The standard InChI is InChI=1S/C19H25N3O4S/c1-4-14-7-6-8-15(11-14)20-19(24)22(9-10-25-3)12-17-21-16(13-27-17)18(23)26-5-2/h6-8,11,13H,4-5,9-10,12H2,1-3H3,(H,20,24). The van der Waals surface area contributed by atoms with Crippen molar-refractivity contribution >= 4 is 29.0 Å². The van der Waals surface area contributed by atoms with Crippen LogP contribution in [0.5, 0.6) is 0 Å². The molecule has 8 heteroatoms. The minimum atomic E-state index is -0.454. The number of esters is 1. The highest BCUT2D eigenvalue weighted by Gasteiger charge is 2.18. The predicted molar refractivity (Wildman–Crippen MR) is 105 cm³/mol. The third-order valence-electron chi connectivity index (χ3n) is 3.80. The van der Waals surface area contributed by atoms with Crippen molar-refractivity contribution in [2.75, 3.05) is 32.2 Å². The molecule has 0 saturated heterocycles. The summed E-state index contributed by atoms with van der Waals surface area (Å²) in [7, 11) is 1.59. The Bertz CT molecular complexity index is 763. The summed E-state index contributed by atoms with van der Waals surface area (Å²) in [6.07, 6.45) is 0.896. The van der Waals surface area contributed by atoms with Crippen LogP contribution in [0.15, 0.2) is 29.6 Å². The van der Waals surface area contributed by atoms with Crippen LogP contribution in [-0.4, -0.2) is 48.8 Å². The molecule has 0 aliphatic heterocycles. The highest BCUT2D eigenvalue weighted by atomic mass is 32.1. The summed E-state index contributed by atoms with van der Waals surface area (Å²) in [5.41, 5.74) is 2.16. The van der Waals surface area contributed by atoms with E-state index in [2.05, 4.69) is 17.2 Å². The van der Waals surface area contributed by atoms with Gasteiger partial charge in [-0.1, -0.05) is 19.1 Å². The number of hydrogen-bond donors (Lipinski definition) is 1. The van der Waals surface area contributed by atoms with E-state index in [-0.39, 0.29) is 18.3 Å². The molecule has 27 heavy (non-hydrogen) atoms. The number of ether oxygens (including phenoxy) is 2. The van der Waals surface area contributed by atoms with E-state index in [1.54, 1.807) is 24.3 Å². The van der Waals surface area contributed by atoms with Crippen LogP contribution in [0.1, 0.15) is 34.9 Å². The van der Waals surface area contributed by atoms with Crippen LogP contribution in [0, 0.1) is 0 Å². The molecule has 146 valence electrons. The topological polar surface area (TPSA) is 80.8 Å². The van der Waals surface area contributed by atoms with E-state index in [1.807, 2.05) is 24.3 Å². The maximum Gasteiger partial charge on any atom is 0.357 e. The number of carbonyl (C=O) groups excluding carboxylic acids is 2. The second-order valence-electron chi connectivity index (χ2n) is 5.75. The minimum Gasteiger partial charge on any atom is -0.461 e. The first kappa shape index (κ1) is 20.9. The van der Waals surface area contributed by atoms with E-state index in [0.29, 0.717) is 24.8 Å². The number of rotatable bonds is 9. The van der Waals surface area contributed by atoms with Crippen molar-refractivity contribution < 1.29 is 19.1 Å². The summed E-state index contributed by atoms with van der Waals surface area (Å²) in [6.45, 7) is 5.20. The number of nitrogens with zero attached hydrogens (tertiary/aromatic N) is 2. The molecule has 0 unspecified atom stereocenters. The molecular weight excluding hydrogens is 366 g/mol. The van der Waals surface area contributed by atoms with E-state index in [0.717, 1.165) is 17.7 Å². The number of benzene rings is 1. The molecule has 0 aliphatic rings. The zero-order chi connectivity index (χ0) is 19.6. The number of urea groups is 1. The van der Waals surface area contributed by atoms with Gasteiger partial charge in [-0.25, -0.2) is 14.6 Å². The maximum atomic E-state index is 12.7. The van der Waals surface area contributed by atoms with Crippen molar-refractivity contribution in [2.45, 2.75) is 26.8 Å². The number of amides is 2. The molecule has 1 N–H and O–H groups in total. The molecule has 2 amide bonds. The number of methoxy groups -OCH3 is 1. The molecule has 0 radical (unpaired) electrons. The number of aryl methyl sites for hydroxylation is 1. The fourth-order valence-corrected chi connectivity index (χ4v) is 3.15. The number of aromatic nitrogens is 1. The van der Waals surface area contributed by atoms with Gasteiger partial charge in [-0.15, -0.1) is 11.3 Å². The van der Waals surface area contributed by atoms with Crippen LogP contribution in [0.25, 0.3) is 0 Å². The molecular formula is C19H25N3O4S. The number of thiazole rings is 1. The molecule has 0 bridgehead atoms. The van der Waals surface area contributed by atoms with E-state index < -0.39 is 5.97 Å². The lowest BCUT2D eigenvalue weighted by atomic mass is 10.1. The van der Waals surface area contributed by atoms with Crippen LogP contribution >= 0.6 is 11.3 Å². The Hall–Kier alpha value is -2.45. The second kappa shape index (κ2) is 10.6. The Morgan fingerprint density at radius 2 is 2.11 bits per heavy atom. The number of carbonyl (C=O) groups is 2. The minimum absolute atomic E-state index is 0.242. The molecule has 0 aliphatic carbocycles. The lowest BCUT2D eigenvalue weighted by molar-refractivity contribution is 0.0520. The third kappa shape index (κ3) is 6.33. The molecule has 0 spiro atoms. The van der Waals surface area contributed by atoms with Gasteiger partial charge in [0.25, 0.3) is 0 Å². The van der Waals surface area contributed by atoms with Crippen LogP contribution in [0.4, 0.5) is 10.5 Å². The molecule has 2 rings (SSSR count). The first-order valence-corrected chi connectivity index (χ1v) is 9.70. The lowest BCUT2D eigenvalue weighted by Crippen LogP contribution is -2.36. The van der Waals surface area contributed by atoms with E-state index >= 15 is 0 Å². The van der Waals surface area contributed by atoms with Crippen LogP contribution in [0.2, 0.25) is 0 Å². The summed E-state index contributed by atoms with van der Waals surface area (Å²) in [4.78, 5) is 30.4. The summed E-state index contributed by atoms with van der Waals surface area (Å²) in [5.74, 6) is -0.454. The zero-order valence-corrected chi connectivity index (χ0v) is 16.7. The molecule has 0 fully saturated rings. The lowest BCUT2D eigenvalue weighted by Gasteiger charge is -2.22. The van der Waals surface area contributed by atoms with E-state index in [1.165, 1.54) is 11.3 Å². The van der Waals surface area contributed by atoms with Gasteiger partial charge in [0.05, 0.1) is 19.8 Å². The van der Waals surface area contributed by atoms with Crippen molar-refractivity contribution in [1.29, 1.82) is 0 Å². The van der Waals surface area contributed by atoms with E-state index in [9.17, 15) is 9.59 Å². The molecule has 0 saturated carbocycles. The third-order valence-corrected chi connectivity index (χ3v) is 4.64. The molecule has 7 nitrogen and oxygen atoms in total. The van der Waals surface area contributed by atoms with Gasteiger partial charge in [0.2, 0.25) is 0 Å². The SMILES string of the molecule is CCOC(=O)c1csc(CN(CCOC)C(=O)Nc2cccc(CC)c2)n1. The highest BCUT2D eigenvalue weighted by molar-refractivity contribution is 7.09. The van der Waals surface area contributed by atoms with Crippen molar-refractivity contribution in [1.82, 2.24) is 9.88 Å². The first-order valence-electron chi connectivity index (χ1n) is 8.82. The monoisotopic (exact) mass is 391 g/mol. The fourth-order valence-electron chi connectivity index (χ4n) is 2.37.